The van der Waals surface area contributed by atoms with Crippen molar-refractivity contribution >= 4 is 40.5 Å². The van der Waals surface area contributed by atoms with Gasteiger partial charge in [0.25, 0.3) is 12.3 Å². The van der Waals surface area contributed by atoms with Gasteiger partial charge in [-0.25, -0.2) is 23.4 Å². The molecule has 2 amide bonds. The van der Waals surface area contributed by atoms with Crippen LogP contribution in [0.1, 0.15) is 110 Å². The van der Waals surface area contributed by atoms with Crippen molar-refractivity contribution < 1.29 is 51.7 Å². The number of amides is 2. The fraction of sp³-hybridized carbons (Fsp3) is 0.558. The van der Waals surface area contributed by atoms with E-state index in [9.17, 15) is 24.3 Å². The third-order valence-corrected chi connectivity index (χ3v) is 13.4. The number of fused-ring (bicyclic) bond motifs is 2. The molecule has 3 fully saturated rings. The lowest BCUT2D eigenvalue weighted by Gasteiger charge is -2.45. The maximum atomic E-state index is 16.7. The number of alkyl halides is 3. The molecule has 3 aliphatic rings. The number of carbonyl (C=O) groups excluding carboxylic acids is 3. The number of aromatic nitrogens is 2. The van der Waals surface area contributed by atoms with Crippen LogP contribution in [0.3, 0.4) is 0 Å². The average molecular weight is 976 g/mol. The minimum absolute atomic E-state index is 0.00227. The monoisotopic (exact) mass is 976 g/mol. The number of hydrogen-bond acceptors (Lipinski definition) is 11. The number of benzene rings is 2. The van der Waals surface area contributed by atoms with E-state index in [0.29, 0.717) is 57.8 Å². The summed E-state index contributed by atoms with van der Waals surface area (Å²) in [6.07, 6.45) is -1.49. The topological polar surface area (TPSA) is 168 Å². The SMILES string of the molecule is CO[C@@H](C)c1ncc(N2CCN3CCCCC3C2)cc1-c1c(CC(C)(C)COC(C)=O)c2cc(-c3cccc(CC(NC(=O)OC(C)(C)C)C(=O)N4CCCC(C(=O)O)N4)c3)ccc2n1C(F)C(F)F. The van der Waals surface area contributed by atoms with Crippen LogP contribution in [0.5, 0.6) is 0 Å². The number of nitrogens with zero attached hydrogens (tertiary/aromatic N) is 5. The van der Waals surface area contributed by atoms with Gasteiger partial charge in [-0.15, -0.1) is 0 Å². The zero-order chi connectivity index (χ0) is 50.7. The summed E-state index contributed by atoms with van der Waals surface area (Å²) < 4.78 is 64.7. The van der Waals surface area contributed by atoms with Gasteiger partial charge < -0.3 is 34.1 Å². The van der Waals surface area contributed by atoms with Crippen LogP contribution in [0.15, 0.2) is 54.7 Å². The molecule has 0 spiro atoms. The fourth-order valence-corrected chi connectivity index (χ4v) is 9.96. The highest BCUT2D eigenvalue weighted by Crippen LogP contribution is 2.45. The van der Waals surface area contributed by atoms with Gasteiger partial charge in [0.05, 0.1) is 41.5 Å². The summed E-state index contributed by atoms with van der Waals surface area (Å²) in [7, 11) is 1.54. The Kier molecular flexibility index (Phi) is 16.2. The molecule has 0 bridgehead atoms. The zero-order valence-corrected chi connectivity index (χ0v) is 41.5. The second-order valence-corrected chi connectivity index (χ2v) is 20.6. The largest absolute Gasteiger partial charge is 0.480 e. The van der Waals surface area contributed by atoms with Crippen molar-refractivity contribution in [2.45, 2.75) is 136 Å². The van der Waals surface area contributed by atoms with Crippen molar-refractivity contribution in [3.05, 3.63) is 71.5 Å². The van der Waals surface area contributed by atoms with Crippen LogP contribution in [0, 0.1) is 5.41 Å². The van der Waals surface area contributed by atoms with Gasteiger partial charge >= 0.3 is 18.0 Å². The van der Waals surface area contributed by atoms with Crippen molar-refractivity contribution in [2.75, 3.05) is 51.3 Å². The Balaban J connectivity index is 1.36. The molecule has 0 saturated carbocycles. The minimum atomic E-state index is -3.40. The number of hydrazine groups is 1. The number of rotatable bonds is 16. The Hall–Kier alpha value is -5.72. The van der Waals surface area contributed by atoms with Crippen LogP contribution >= 0.6 is 0 Å². The van der Waals surface area contributed by atoms with Gasteiger partial charge in [0, 0.05) is 69.0 Å². The van der Waals surface area contributed by atoms with Crippen molar-refractivity contribution in [1.82, 2.24) is 30.2 Å². The van der Waals surface area contributed by atoms with E-state index in [1.54, 1.807) is 51.2 Å². The second-order valence-electron chi connectivity index (χ2n) is 20.6. The van der Waals surface area contributed by atoms with Crippen LogP contribution < -0.4 is 15.6 Å². The first-order valence-electron chi connectivity index (χ1n) is 24.3. The number of carbonyl (C=O) groups is 4. The fourth-order valence-electron chi connectivity index (χ4n) is 9.96. The minimum Gasteiger partial charge on any atom is -0.480 e. The third kappa shape index (κ3) is 12.2. The number of anilines is 1. The number of halogens is 3. The van der Waals surface area contributed by atoms with Gasteiger partial charge in [-0.05, 0) is 107 Å². The van der Waals surface area contributed by atoms with Crippen molar-refractivity contribution in [3.8, 4) is 22.4 Å². The van der Waals surface area contributed by atoms with Gasteiger partial charge in [-0.1, -0.05) is 50.6 Å². The van der Waals surface area contributed by atoms with Gasteiger partial charge in [-0.3, -0.25) is 29.3 Å². The first kappa shape index (κ1) is 52.1. The standard InChI is InChI=1S/C52H68F3N7O8/c1-31(68-8)44-39(26-37(28-56-44)60-22-21-59-19-10-9-15-36(59)29-60)45-40(27-52(6,7)30-69-32(2)63)38-25-35(17-18-43(38)62(45)47(55)46(53)54)34-14-11-13-33(23-34)24-42(57-50(67)70-51(3,4)5)48(64)61-20-12-16-41(58-61)49(65)66/h11,13-14,17-18,23,25-26,28,31,36,41-42,46-47,58H,9-10,12,15-16,19-22,24,27,29-30H2,1-8H3,(H,57,67)(H,65,66)/t31-,36?,41?,42?,47?/m0/s1. The molecule has 2 aromatic carbocycles. The van der Waals surface area contributed by atoms with E-state index in [4.69, 9.17) is 19.2 Å². The van der Waals surface area contributed by atoms with E-state index in [2.05, 4.69) is 20.5 Å². The maximum absolute atomic E-state index is 16.7. The molecule has 70 heavy (non-hydrogen) atoms. The molecule has 3 N–H and O–H groups in total. The summed E-state index contributed by atoms with van der Waals surface area (Å²) in [5.74, 6) is -2.13. The highest BCUT2D eigenvalue weighted by molar-refractivity contribution is 5.96. The first-order chi connectivity index (χ1) is 33.1. The summed E-state index contributed by atoms with van der Waals surface area (Å²) in [5.41, 5.74) is 5.79. The van der Waals surface area contributed by atoms with Gasteiger partial charge in [0.1, 0.15) is 17.7 Å². The summed E-state index contributed by atoms with van der Waals surface area (Å²) >= 11 is 0. The number of methoxy groups -OCH3 is 1. The number of carboxylic acid groups (broad SMARTS) is 1. The number of ether oxygens (including phenoxy) is 3. The number of piperidine rings is 1. The molecule has 0 radical (unpaired) electrons. The molecule has 18 heteroatoms. The summed E-state index contributed by atoms with van der Waals surface area (Å²) in [4.78, 5) is 61.0. The molecule has 15 nitrogen and oxygen atoms in total. The predicted octanol–water partition coefficient (Wildman–Crippen LogP) is 8.63. The Labute approximate surface area is 408 Å². The van der Waals surface area contributed by atoms with Crippen molar-refractivity contribution in [3.63, 3.8) is 0 Å². The quantitative estimate of drug-likeness (QED) is 0.0917. The van der Waals surface area contributed by atoms with Gasteiger partial charge in [0.15, 0.2) is 0 Å². The molecule has 2 aromatic heterocycles. The Morgan fingerprint density at radius 1 is 0.943 bits per heavy atom. The molecule has 4 unspecified atom stereocenters. The lowest BCUT2D eigenvalue weighted by Crippen LogP contribution is -2.60. The Morgan fingerprint density at radius 2 is 1.70 bits per heavy atom. The molecular weight excluding hydrogens is 908 g/mol. The molecular formula is C52H68F3N7O8. The van der Waals surface area contributed by atoms with E-state index in [-0.39, 0.29) is 37.2 Å². The van der Waals surface area contributed by atoms with Crippen molar-refractivity contribution in [2.24, 2.45) is 5.41 Å². The number of piperazine rings is 1. The highest BCUT2D eigenvalue weighted by atomic mass is 19.3. The number of aliphatic carboxylic acids is 1. The number of esters is 1. The predicted molar refractivity (Wildman–Crippen MR) is 260 cm³/mol. The molecule has 4 aromatic rings. The number of nitrogens with one attached hydrogen (secondary N) is 2. The van der Waals surface area contributed by atoms with Gasteiger partial charge in [0.2, 0.25) is 6.30 Å². The molecule has 7 rings (SSSR count). The van der Waals surface area contributed by atoms with Crippen LogP contribution in [0.4, 0.5) is 23.7 Å². The van der Waals surface area contributed by atoms with E-state index in [1.807, 2.05) is 45.0 Å². The summed E-state index contributed by atoms with van der Waals surface area (Å²) in [5, 5.41) is 14.1. The van der Waals surface area contributed by atoms with E-state index >= 15 is 13.2 Å². The molecule has 5 heterocycles. The maximum Gasteiger partial charge on any atom is 0.408 e. The number of pyridine rings is 1. The lowest BCUT2D eigenvalue weighted by atomic mass is 9.84. The second kappa shape index (κ2) is 21.7. The number of carboxylic acids is 1. The zero-order valence-electron chi connectivity index (χ0n) is 41.5. The summed E-state index contributed by atoms with van der Waals surface area (Å²) in [6, 6.07) is 12.6. The van der Waals surface area contributed by atoms with E-state index in [1.165, 1.54) is 19.0 Å². The highest BCUT2D eigenvalue weighted by Gasteiger charge is 2.37. The van der Waals surface area contributed by atoms with Crippen LogP contribution in [0.2, 0.25) is 0 Å². The van der Waals surface area contributed by atoms with E-state index in [0.717, 1.165) is 55.7 Å². The number of hydrogen-bond donors (Lipinski definition) is 3. The first-order valence-corrected chi connectivity index (χ1v) is 24.3. The van der Waals surface area contributed by atoms with Crippen LogP contribution in [-0.2, 0) is 41.4 Å². The van der Waals surface area contributed by atoms with E-state index < -0.39 is 65.9 Å². The normalized spacial score (nSPS) is 19.4. The van der Waals surface area contributed by atoms with Gasteiger partial charge in [-0.2, -0.15) is 0 Å². The smallest absolute Gasteiger partial charge is 0.408 e. The van der Waals surface area contributed by atoms with Crippen molar-refractivity contribution in [1.29, 1.82) is 0 Å². The molecule has 3 aliphatic heterocycles. The lowest BCUT2D eigenvalue weighted by molar-refractivity contribution is -0.148. The Bertz CT molecular complexity index is 2550. The molecule has 5 atom stereocenters. The molecule has 380 valence electrons. The Morgan fingerprint density at radius 3 is 2.40 bits per heavy atom. The number of alkyl carbamates (subject to hydrolysis) is 1. The molecule has 3 saturated heterocycles. The summed E-state index contributed by atoms with van der Waals surface area (Å²) in [6.45, 7) is 15.7. The average Bonchev–Trinajstić information content (AvgIpc) is 3.63. The van der Waals surface area contributed by atoms with Crippen LogP contribution in [-0.4, -0.2) is 125 Å². The molecule has 0 aliphatic carbocycles. The third-order valence-electron chi connectivity index (χ3n) is 13.4. The van der Waals surface area contributed by atoms with Crippen LogP contribution in [0.25, 0.3) is 33.3 Å².